The Morgan fingerprint density at radius 2 is 1.76 bits per heavy atom. The molecule has 0 aromatic heterocycles. The van der Waals surface area contributed by atoms with Crippen LogP contribution in [0.1, 0.15) is 19.3 Å². The van der Waals surface area contributed by atoms with Crippen molar-refractivity contribution in [1.82, 2.24) is 0 Å². The standard InChI is InChI=1S/C12H18O3S2/c1-17(14,15)12-7-5-11(6-8-12)16-10-4-2-3-9-13/h5-8,13H,2-4,9-10H2,1H3. The van der Waals surface area contributed by atoms with Crippen molar-refractivity contribution in [3.05, 3.63) is 24.3 Å². The van der Waals surface area contributed by atoms with Crippen LogP contribution < -0.4 is 0 Å². The Morgan fingerprint density at radius 1 is 1.12 bits per heavy atom. The largest absolute Gasteiger partial charge is 0.396 e. The highest BCUT2D eigenvalue weighted by Gasteiger charge is 2.05. The first-order valence-electron chi connectivity index (χ1n) is 5.58. The average molecular weight is 274 g/mol. The number of sulfone groups is 1. The molecule has 0 aliphatic heterocycles. The van der Waals surface area contributed by atoms with Gasteiger partial charge in [0.1, 0.15) is 0 Å². The molecule has 1 aromatic rings. The maximum absolute atomic E-state index is 11.2. The lowest BCUT2D eigenvalue weighted by atomic mass is 10.3. The quantitative estimate of drug-likeness (QED) is 0.612. The Bertz CT molecular complexity index is 424. The predicted octanol–water partition coefficient (Wildman–Crippen LogP) is 2.34. The van der Waals surface area contributed by atoms with Crippen LogP contribution in [0.4, 0.5) is 0 Å². The van der Waals surface area contributed by atoms with E-state index in [9.17, 15) is 8.42 Å². The lowest BCUT2D eigenvalue weighted by Gasteiger charge is -2.03. The van der Waals surface area contributed by atoms with E-state index in [1.165, 1.54) is 6.26 Å². The van der Waals surface area contributed by atoms with Gasteiger partial charge in [0.05, 0.1) is 4.90 Å². The normalized spacial score (nSPS) is 11.6. The summed E-state index contributed by atoms with van der Waals surface area (Å²) < 4.78 is 22.5. The van der Waals surface area contributed by atoms with E-state index in [4.69, 9.17) is 5.11 Å². The van der Waals surface area contributed by atoms with Crippen LogP contribution in [-0.2, 0) is 9.84 Å². The van der Waals surface area contributed by atoms with Crippen LogP contribution in [0.15, 0.2) is 34.1 Å². The number of benzene rings is 1. The third-order valence-electron chi connectivity index (χ3n) is 2.32. The Kier molecular flexibility index (Phi) is 6.02. The van der Waals surface area contributed by atoms with Crippen LogP contribution in [0.5, 0.6) is 0 Å². The fraction of sp³-hybridized carbons (Fsp3) is 0.500. The molecule has 1 rings (SSSR count). The zero-order chi connectivity index (χ0) is 12.7. The molecule has 96 valence electrons. The Morgan fingerprint density at radius 3 is 2.29 bits per heavy atom. The molecule has 1 aromatic carbocycles. The molecule has 0 fully saturated rings. The van der Waals surface area contributed by atoms with E-state index in [0.29, 0.717) is 4.90 Å². The zero-order valence-corrected chi connectivity index (χ0v) is 11.6. The van der Waals surface area contributed by atoms with Gasteiger partial charge in [-0.15, -0.1) is 11.8 Å². The highest BCUT2D eigenvalue weighted by Crippen LogP contribution is 2.21. The molecule has 0 bridgehead atoms. The van der Waals surface area contributed by atoms with Crippen LogP contribution in [0.3, 0.4) is 0 Å². The number of rotatable bonds is 7. The van der Waals surface area contributed by atoms with Crippen molar-refractivity contribution < 1.29 is 13.5 Å². The van der Waals surface area contributed by atoms with Gasteiger partial charge < -0.3 is 5.11 Å². The first-order chi connectivity index (χ1) is 8.04. The Labute approximate surface area is 107 Å². The van der Waals surface area contributed by atoms with E-state index in [-0.39, 0.29) is 6.61 Å². The molecule has 0 amide bonds. The van der Waals surface area contributed by atoms with Gasteiger partial charge in [0, 0.05) is 17.8 Å². The predicted molar refractivity (Wildman–Crippen MR) is 71.2 cm³/mol. The van der Waals surface area contributed by atoms with Crippen molar-refractivity contribution in [3.63, 3.8) is 0 Å². The summed E-state index contributed by atoms with van der Waals surface area (Å²) >= 11 is 1.71. The molecule has 0 saturated carbocycles. The van der Waals surface area contributed by atoms with Gasteiger partial charge in [-0.05, 0) is 42.9 Å². The number of aliphatic hydroxyl groups is 1. The van der Waals surface area contributed by atoms with Crippen LogP contribution >= 0.6 is 11.8 Å². The van der Waals surface area contributed by atoms with Crippen molar-refractivity contribution in [2.75, 3.05) is 18.6 Å². The monoisotopic (exact) mass is 274 g/mol. The summed E-state index contributed by atoms with van der Waals surface area (Å²) in [6.45, 7) is 0.258. The fourth-order valence-electron chi connectivity index (χ4n) is 1.36. The Balaban J connectivity index is 2.41. The van der Waals surface area contributed by atoms with Gasteiger partial charge in [0.2, 0.25) is 0 Å². The molecule has 0 radical (unpaired) electrons. The zero-order valence-electron chi connectivity index (χ0n) is 9.93. The van der Waals surface area contributed by atoms with E-state index < -0.39 is 9.84 Å². The smallest absolute Gasteiger partial charge is 0.175 e. The summed E-state index contributed by atoms with van der Waals surface area (Å²) in [4.78, 5) is 1.45. The van der Waals surface area contributed by atoms with Gasteiger partial charge in [-0.2, -0.15) is 0 Å². The topological polar surface area (TPSA) is 54.4 Å². The molecule has 0 aliphatic rings. The summed E-state index contributed by atoms with van der Waals surface area (Å²) in [5.74, 6) is 0.998. The van der Waals surface area contributed by atoms with E-state index in [1.807, 2.05) is 12.1 Å². The summed E-state index contributed by atoms with van der Waals surface area (Å²) in [6.07, 6.45) is 4.17. The average Bonchev–Trinajstić information content (AvgIpc) is 2.28. The van der Waals surface area contributed by atoms with Crippen LogP contribution in [0, 0.1) is 0 Å². The van der Waals surface area contributed by atoms with E-state index in [1.54, 1.807) is 23.9 Å². The van der Waals surface area contributed by atoms with Crippen molar-refractivity contribution in [3.8, 4) is 0 Å². The lowest BCUT2D eigenvalue weighted by Crippen LogP contribution is -1.96. The molecular weight excluding hydrogens is 256 g/mol. The summed E-state index contributed by atoms with van der Waals surface area (Å²) in [5, 5.41) is 8.63. The SMILES string of the molecule is CS(=O)(=O)c1ccc(SCCCCCO)cc1. The van der Waals surface area contributed by atoms with Gasteiger partial charge in [-0.25, -0.2) is 8.42 Å². The van der Waals surface area contributed by atoms with Crippen LogP contribution in [0.25, 0.3) is 0 Å². The van der Waals surface area contributed by atoms with Crippen LogP contribution in [0.2, 0.25) is 0 Å². The molecule has 0 aliphatic carbocycles. The minimum atomic E-state index is -3.09. The van der Waals surface area contributed by atoms with Gasteiger partial charge >= 0.3 is 0 Å². The number of aliphatic hydroxyl groups excluding tert-OH is 1. The highest BCUT2D eigenvalue weighted by atomic mass is 32.2. The molecule has 0 heterocycles. The van der Waals surface area contributed by atoms with Crippen molar-refractivity contribution in [1.29, 1.82) is 0 Å². The molecule has 17 heavy (non-hydrogen) atoms. The molecule has 1 N–H and O–H groups in total. The van der Waals surface area contributed by atoms with Gasteiger partial charge in [0.25, 0.3) is 0 Å². The molecule has 0 saturated heterocycles. The summed E-state index contributed by atoms with van der Waals surface area (Å²) in [6, 6.07) is 6.97. The first-order valence-corrected chi connectivity index (χ1v) is 8.45. The summed E-state index contributed by atoms with van der Waals surface area (Å²) in [5.41, 5.74) is 0. The molecule has 0 atom stereocenters. The first kappa shape index (κ1) is 14.5. The van der Waals surface area contributed by atoms with Gasteiger partial charge in [0.15, 0.2) is 9.84 Å². The highest BCUT2D eigenvalue weighted by molar-refractivity contribution is 7.99. The van der Waals surface area contributed by atoms with Crippen molar-refractivity contribution in [2.24, 2.45) is 0 Å². The lowest BCUT2D eigenvalue weighted by molar-refractivity contribution is 0.284. The number of hydrogen-bond donors (Lipinski definition) is 1. The number of hydrogen-bond acceptors (Lipinski definition) is 4. The Hall–Kier alpha value is -0.520. The van der Waals surface area contributed by atoms with E-state index in [2.05, 4.69) is 0 Å². The van der Waals surface area contributed by atoms with E-state index in [0.717, 1.165) is 29.9 Å². The fourth-order valence-corrected chi connectivity index (χ4v) is 2.91. The maximum atomic E-state index is 11.2. The second-order valence-electron chi connectivity index (χ2n) is 3.88. The second-order valence-corrected chi connectivity index (χ2v) is 7.06. The second kappa shape index (κ2) is 7.03. The minimum absolute atomic E-state index is 0.258. The third kappa shape index (κ3) is 5.57. The third-order valence-corrected chi connectivity index (χ3v) is 4.55. The van der Waals surface area contributed by atoms with Crippen molar-refractivity contribution >= 4 is 21.6 Å². The van der Waals surface area contributed by atoms with Crippen molar-refractivity contribution in [2.45, 2.75) is 29.1 Å². The van der Waals surface area contributed by atoms with Gasteiger partial charge in [-0.1, -0.05) is 6.42 Å². The molecule has 0 unspecified atom stereocenters. The maximum Gasteiger partial charge on any atom is 0.175 e. The molecular formula is C12H18O3S2. The number of thioether (sulfide) groups is 1. The van der Waals surface area contributed by atoms with Gasteiger partial charge in [-0.3, -0.25) is 0 Å². The minimum Gasteiger partial charge on any atom is -0.396 e. The molecule has 5 heteroatoms. The molecule has 0 spiro atoms. The summed E-state index contributed by atoms with van der Waals surface area (Å²) in [7, 11) is -3.09. The van der Waals surface area contributed by atoms with E-state index >= 15 is 0 Å². The molecule has 3 nitrogen and oxygen atoms in total. The number of unbranched alkanes of at least 4 members (excludes halogenated alkanes) is 2. The van der Waals surface area contributed by atoms with Crippen LogP contribution in [-0.4, -0.2) is 32.1 Å².